The van der Waals surface area contributed by atoms with Crippen molar-refractivity contribution >= 4 is 40.7 Å². The van der Waals surface area contributed by atoms with Gasteiger partial charge in [0.1, 0.15) is 16.6 Å². The van der Waals surface area contributed by atoms with Crippen molar-refractivity contribution in [2.45, 2.75) is 13.1 Å². The van der Waals surface area contributed by atoms with Gasteiger partial charge in [0, 0.05) is 10.9 Å². The normalized spacial score (nSPS) is 17.1. The number of carbonyl (C=O) groups excluding carboxylic acids is 1. The lowest BCUT2D eigenvalue weighted by Crippen LogP contribution is -2.25. The maximum absolute atomic E-state index is 13.3. The topological polar surface area (TPSA) is 77.8 Å². The van der Waals surface area contributed by atoms with Gasteiger partial charge < -0.3 is 10.4 Å². The van der Waals surface area contributed by atoms with Gasteiger partial charge >= 0.3 is 0 Å². The van der Waals surface area contributed by atoms with Crippen LogP contribution in [-0.2, 0) is 4.79 Å². The predicted octanol–water partition coefficient (Wildman–Crippen LogP) is 5.41. The number of hydrogen-bond acceptors (Lipinski definition) is 5. The Bertz CT molecular complexity index is 1430. The van der Waals surface area contributed by atoms with E-state index in [1.54, 1.807) is 36.6 Å². The number of hydrazone groups is 1. The molecule has 168 valence electrons. The number of fused-ring (bicyclic) bond motifs is 1. The maximum atomic E-state index is 13.3. The summed E-state index contributed by atoms with van der Waals surface area (Å²) in [7, 11) is 0. The third kappa shape index (κ3) is 4.36. The molecule has 1 aliphatic heterocycles. The standard InChI is InChI=1S/C27H21ClN4O2/c1-17-7-12-23-20(13-17)15-21(25(28)30-23)16-29-32-26(19-5-3-2-4-6-19)31-24(27(32)34)14-18-8-10-22(33)11-9-18/h2-16,26,31,33H,1H3/b24-14-,29-16+. The first-order chi connectivity index (χ1) is 16.5. The molecule has 1 aromatic heterocycles. The van der Waals surface area contributed by atoms with Crippen molar-refractivity contribution in [3.8, 4) is 5.75 Å². The van der Waals surface area contributed by atoms with Crippen LogP contribution < -0.4 is 5.32 Å². The van der Waals surface area contributed by atoms with Crippen molar-refractivity contribution in [1.29, 1.82) is 0 Å². The number of rotatable bonds is 4. The number of hydrogen-bond donors (Lipinski definition) is 2. The van der Waals surface area contributed by atoms with Crippen LogP contribution in [0.15, 0.2) is 89.7 Å². The van der Waals surface area contributed by atoms with Crippen molar-refractivity contribution in [3.63, 3.8) is 0 Å². The van der Waals surface area contributed by atoms with Crippen LogP contribution in [0.1, 0.15) is 28.4 Å². The number of nitrogens with one attached hydrogen (secondary N) is 1. The van der Waals surface area contributed by atoms with Crippen molar-refractivity contribution < 1.29 is 9.90 Å². The van der Waals surface area contributed by atoms with Crippen LogP contribution in [0, 0.1) is 6.92 Å². The lowest BCUT2D eigenvalue weighted by Gasteiger charge is -2.19. The number of aromatic hydroxyl groups is 1. The van der Waals surface area contributed by atoms with E-state index in [1.165, 1.54) is 5.01 Å². The molecule has 2 N–H and O–H groups in total. The quantitative estimate of drug-likeness (QED) is 0.238. The number of amides is 1. The van der Waals surface area contributed by atoms with Gasteiger partial charge in [0.25, 0.3) is 5.91 Å². The number of benzene rings is 3. The number of aryl methyl sites for hydroxylation is 1. The number of aromatic nitrogens is 1. The Hall–Kier alpha value is -4.16. The minimum atomic E-state index is -0.484. The number of pyridine rings is 1. The molecule has 0 aliphatic carbocycles. The zero-order chi connectivity index (χ0) is 23.7. The Kier molecular flexibility index (Phi) is 5.74. The Labute approximate surface area is 201 Å². The second-order valence-corrected chi connectivity index (χ2v) is 8.42. The number of phenolic OH excluding ortho intramolecular Hbond substituents is 1. The molecule has 1 saturated heterocycles. The van der Waals surface area contributed by atoms with Gasteiger partial charge in [0.15, 0.2) is 6.17 Å². The van der Waals surface area contributed by atoms with Gasteiger partial charge in [0.2, 0.25) is 0 Å². The largest absolute Gasteiger partial charge is 0.508 e. The van der Waals surface area contributed by atoms with Gasteiger partial charge in [0.05, 0.1) is 11.7 Å². The second-order valence-electron chi connectivity index (χ2n) is 8.07. The van der Waals surface area contributed by atoms with Crippen LogP contribution in [0.2, 0.25) is 5.15 Å². The van der Waals surface area contributed by atoms with Crippen LogP contribution in [0.5, 0.6) is 5.75 Å². The number of nitrogens with zero attached hydrogens (tertiary/aromatic N) is 3. The highest BCUT2D eigenvalue weighted by molar-refractivity contribution is 6.32. The van der Waals surface area contributed by atoms with Crippen LogP contribution in [-0.4, -0.2) is 27.2 Å². The van der Waals surface area contributed by atoms with E-state index in [0.717, 1.165) is 27.6 Å². The monoisotopic (exact) mass is 468 g/mol. The zero-order valence-corrected chi connectivity index (χ0v) is 19.1. The zero-order valence-electron chi connectivity index (χ0n) is 18.3. The summed E-state index contributed by atoms with van der Waals surface area (Å²) in [6.07, 6.45) is 2.82. The molecule has 0 bridgehead atoms. The summed E-state index contributed by atoms with van der Waals surface area (Å²) >= 11 is 6.41. The summed E-state index contributed by atoms with van der Waals surface area (Å²) in [5.41, 5.74) is 4.61. The fourth-order valence-electron chi connectivity index (χ4n) is 3.83. The first-order valence-corrected chi connectivity index (χ1v) is 11.1. The van der Waals surface area contributed by atoms with Gasteiger partial charge in [-0.05, 0) is 54.5 Å². The van der Waals surface area contributed by atoms with Crippen molar-refractivity contribution in [1.82, 2.24) is 15.3 Å². The average Bonchev–Trinajstić information content (AvgIpc) is 3.15. The smallest absolute Gasteiger partial charge is 0.292 e. The van der Waals surface area contributed by atoms with E-state index < -0.39 is 6.17 Å². The molecular weight excluding hydrogens is 448 g/mol. The van der Waals surface area contributed by atoms with Crippen molar-refractivity contribution in [2.75, 3.05) is 0 Å². The van der Waals surface area contributed by atoms with E-state index in [2.05, 4.69) is 15.4 Å². The van der Waals surface area contributed by atoms with E-state index in [4.69, 9.17) is 11.6 Å². The molecule has 1 aliphatic rings. The first-order valence-electron chi connectivity index (χ1n) is 10.7. The maximum Gasteiger partial charge on any atom is 0.292 e. The van der Waals surface area contributed by atoms with Crippen LogP contribution >= 0.6 is 11.6 Å². The summed E-state index contributed by atoms with van der Waals surface area (Å²) in [4.78, 5) is 17.8. The summed E-state index contributed by atoms with van der Waals surface area (Å²) < 4.78 is 0. The van der Waals surface area contributed by atoms with Gasteiger partial charge in [-0.3, -0.25) is 4.79 Å². The van der Waals surface area contributed by atoms with E-state index in [0.29, 0.717) is 16.4 Å². The highest BCUT2D eigenvalue weighted by Gasteiger charge is 2.35. The van der Waals surface area contributed by atoms with E-state index in [9.17, 15) is 9.90 Å². The number of carbonyl (C=O) groups is 1. The Morgan fingerprint density at radius 2 is 1.82 bits per heavy atom. The molecule has 1 unspecified atom stereocenters. The lowest BCUT2D eigenvalue weighted by atomic mass is 10.1. The molecule has 2 heterocycles. The van der Waals surface area contributed by atoms with Gasteiger partial charge in [-0.15, -0.1) is 0 Å². The summed E-state index contributed by atoms with van der Waals surface area (Å²) in [6.45, 7) is 2.02. The Morgan fingerprint density at radius 3 is 2.59 bits per heavy atom. The van der Waals surface area contributed by atoms with Crippen molar-refractivity contribution in [3.05, 3.63) is 112 Å². The molecule has 34 heavy (non-hydrogen) atoms. The fourth-order valence-corrected chi connectivity index (χ4v) is 4.03. The molecule has 0 saturated carbocycles. The third-order valence-corrected chi connectivity index (χ3v) is 5.87. The molecule has 1 amide bonds. The molecule has 6 nitrogen and oxygen atoms in total. The van der Waals surface area contributed by atoms with Crippen molar-refractivity contribution in [2.24, 2.45) is 5.10 Å². The predicted molar refractivity (Wildman–Crippen MR) is 134 cm³/mol. The van der Waals surface area contributed by atoms with E-state index in [-0.39, 0.29) is 11.7 Å². The average molecular weight is 469 g/mol. The van der Waals surface area contributed by atoms with E-state index >= 15 is 0 Å². The highest BCUT2D eigenvalue weighted by Crippen LogP contribution is 2.29. The Balaban J connectivity index is 1.51. The van der Waals surface area contributed by atoms with Crippen LogP contribution in [0.4, 0.5) is 0 Å². The molecule has 0 spiro atoms. The first kappa shape index (κ1) is 21.7. The molecule has 4 aromatic rings. The molecule has 3 aromatic carbocycles. The lowest BCUT2D eigenvalue weighted by molar-refractivity contribution is -0.126. The number of halogens is 1. The Morgan fingerprint density at radius 1 is 1.06 bits per heavy atom. The fraction of sp³-hybridized carbons (Fsp3) is 0.0741. The minimum absolute atomic E-state index is 0.164. The van der Waals surface area contributed by atoms with Crippen LogP contribution in [0.3, 0.4) is 0 Å². The third-order valence-electron chi connectivity index (χ3n) is 5.57. The molecule has 1 atom stereocenters. The molecule has 7 heteroatoms. The van der Waals surface area contributed by atoms with Gasteiger partial charge in [-0.25, -0.2) is 9.99 Å². The highest BCUT2D eigenvalue weighted by atomic mass is 35.5. The van der Waals surface area contributed by atoms with Gasteiger partial charge in [-0.1, -0.05) is 65.7 Å². The minimum Gasteiger partial charge on any atom is -0.508 e. The second kappa shape index (κ2) is 9.00. The van der Waals surface area contributed by atoms with Gasteiger partial charge in [-0.2, -0.15) is 5.10 Å². The molecular formula is C27H21ClN4O2. The molecule has 1 fully saturated rings. The van der Waals surface area contributed by atoms with E-state index in [1.807, 2.05) is 61.5 Å². The van der Waals surface area contributed by atoms with Crippen LogP contribution in [0.25, 0.3) is 17.0 Å². The SMILES string of the molecule is Cc1ccc2nc(Cl)c(/C=N/N3C(=O)/C(=C/c4ccc(O)cc4)NC3c3ccccc3)cc2c1. The number of phenols is 1. The molecule has 0 radical (unpaired) electrons. The molecule has 5 rings (SSSR count). The summed E-state index contributed by atoms with van der Waals surface area (Å²) in [6, 6.07) is 24.1. The summed E-state index contributed by atoms with van der Waals surface area (Å²) in [5, 5.41) is 20.0. The summed E-state index contributed by atoms with van der Waals surface area (Å²) in [5.74, 6) is -0.115.